The van der Waals surface area contributed by atoms with Crippen LogP contribution in [0.5, 0.6) is 0 Å². The maximum atomic E-state index is 13.2. The first-order valence-electron chi connectivity index (χ1n) is 10.6. The number of carbonyl (C=O) groups is 1. The molecular weight excluding hydrogens is 382 g/mol. The van der Waals surface area contributed by atoms with Gasteiger partial charge in [-0.2, -0.15) is 0 Å². The van der Waals surface area contributed by atoms with Crippen LogP contribution in [0.4, 0.5) is 17.2 Å². The number of amides is 1. The molecule has 3 N–H and O–H groups in total. The van der Waals surface area contributed by atoms with Crippen LogP contribution in [-0.2, 0) is 17.9 Å². The summed E-state index contributed by atoms with van der Waals surface area (Å²) in [7, 11) is 0. The van der Waals surface area contributed by atoms with E-state index in [1.54, 1.807) is 0 Å². The summed E-state index contributed by atoms with van der Waals surface area (Å²) in [5, 5.41) is 2.83. The lowest BCUT2D eigenvalue weighted by atomic mass is 10.1. The van der Waals surface area contributed by atoms with Crippen molar-refractivity contribution in [1.29, 1.82) is 0 Å². The Kier molecular flexibility index (Phi) is 6.64. The fourth-order valence-corrected chi connectivity index (χ4v) is 3.90. The van der Waals surface area contributed by atoms with E-state index in [9.17, 15) is 14.4 Å². The molecule has 0 aliphatic carbocycles. The molecule has 30 heavy (non-hydrogen) atoms. The van der Waals surface area contributed by atoms with E-state index in [1.807, 2.05) is 43.9 Å². The highest BCUT2D eigenvalue weighted by atomic mass is 16.2. The van der Waals surface area contributed by atoms with Gasteiger partial charge in [-0.3, -0.25) is 14.2 Å². The second-order valence-corrected chi connectivity index (χ2v) is 7.97. The van der Waals surface area contributed by atoms with E-state index >= 15 is 0 Å². The molecule has 8 nitrogen and oxygen atoms in total. The second kappa shape index (κ2) is 9.19. The van der Waals surface area contributed by atoms with Crippen molar-refractivity contribution in [3.8, 4) is 0 Å². The number of rotatable bonds is 6. The fourth-order valence-electron chi connectivity index (χ4n) is 3.90. The number of piperidine rings is 1. The van der Waals surface area contributed by atoms with E-state index in [0.29, 0.717) is 24.3 Å². The summed E-state index contributed by atoms with van der Waals surface area (Å²) in [6.45, 7) is 7.26. The zero-order valence-corrected chi connectivity index (χ0v) is 18.0. The number of nitrogens with two attached hydrogens (primary N) is 1. The smallest absolute Gasteiger partial charge is 0.333 e. The maximum Gasteiger partial charge on any atom is 0.333 e. The molecule has 0 atom stereocenters. The monoisotopic (exact) mass is 413 g/mol. The minimum Gasteiger partial charge on any atom is -0.383 e. The Hall–Kier alpha value is -3.03. The Morgan fingerprint density at radius 3 is 2.47 bits per heavy atom. The molecule has 1 aromatic carbocycles. The van der Waals surface area contributed by atoms with Gasteiger partial charge in [-0.25, -0.2) is 9.36 Å². The molecule has 1 amide bonds. The van der Waals surface area contributed by atoms with Gasteiger partial charge in [0.15, 0.2) is 0 Å². The molecule has 0 unspecified atom stereocenters. The number of aryl methyl sites for hydroxylation is 2. The van der Waals surface area contributed by atoms with E-state index in [2.05, 4.69) is 5.32 Å². The molecule has 3 rings (SSSR count). The lowest BCUT2D eigenvalue weighted by Crippen LogP contribution is -2.47. The Labute approximate surface area is 176 Å². The van der Waals surface area contributed by atoms with Crippen LogP contribution in [0.15, 0.2) is 27.8 Å². The summed E-state index contributed by atoms with van der Waals surface area (Å²) in [5.41, 5.74) is 8.16. The first kappa shape index (κ1) is 21.7. The quantitative estimate of drug-likeness (QED) is 0.756. The molecule has 0 spiro atoms. The number of aromatic nitrogens is 2. The third kappa shape index (κ3) is 4.42. The van der Waals surface area contributed by atoms with Crippen molar-refractivity contribution in [2.75, 3.05) is 29.0 Å². The highest BCUT2D eigenvalue weighted by molar-refractivity contribution is 5.91. The number of nitrogens with zero attached hydrogens (tertiary/aromatic N) is 3. The molecule has 1 saturated heterocycles. The average Bonchev–Trinajstić information content (AvgIpc) is 2.72. The standard InChI is InChI=1S/C22H31N5O3/c1-4-10-26-20(23)19(25-11-6-5-7-12-25)21(29)27(22(26)30)14-18(28)24-17-13-15(2)8-9-16(17)3/h8-9,13H,4-7,10-12,14,23H2,1-3H3,(H,24,28). The molecule has 2 aromatic rings. The summed E-state index contributed by atoms with van der Waals surface area (Å²) in [5.74, 6) is -0.222. The number of hydrogen-bond donors (Lipinski definition) is 2. The first-order valence-corrected chi connectivity index (χ1v) is 10.6. The van der Waals surface area contributed by atoms with Crippen LogP contribution in [0.3, 0.4) is 0 Å². The zero-order valence-electron chi connectivity index (χ0n) is 18.0. The van der Waals surface area contributed by atoms with Gasteiger partial charge in [-0.1, -0.05) is 19.1 Å². The molecule has 0 radical (unpaired) electrons. The molecular formula is C22H31N5O3. The molecule has 1 fully saturated rings. The van der Waals surface area contributed by atoms with Crippen LogP contribution >= 0.6 is 0 Å². The molecule has 1 aliphatic rings. The second-order valence-electron chi connectivity index (χ2n) is 7.97. The SMILES string of the molecule is CCCn1c(N)c(N2CCCCC2)c(=O)n(CC(=O)Nc2cc(C)ccc2C)c1=O. The molecule has 1 aliphatic heterocycles. The lowest BCUT2D eigenvalue weighted by molar-refractivity contribution is -0.116. The third-order valence-corrected chi connectivity index (χ3v) is 5.53. The average molecular weight is 414 g/mol. The summed E-state index contributed by atoms with van der Waals surface area (Å²) >= 11 is 0. The van der Waals surface area contributed by atoms with Crippen molar-refractivity contribution in [2.45, 2.75) is 59.5 Å². The van der Waals surface area contributed by atoms with Gasteiger partial charge in [0.2, 0.25) is 5.91 Å². The predicted molar refractivity (Wildman–Crippen MR) is 120 cm³/mol. The Morgan fingerprint density at radius 1 is 1.10 bits per heavy atom. The number of nitrogen functional groups attached to an aromatic ring is 1. The highest BCUT2D eigenvalue weighted by Gasteiger charge is 2.24. The van der Waals surface area contributed by atoms with Crippen molar-refractivity contribution >= 4 is 23.1 Å². The van der Waals surface area contributed by atoms with Crippen LogP contribution in [-0.4, -0.2) is 28.1 Å². The number of benzene rings is 1. The van der Waals surface area contributed by atoms with Gasteiger partial charge in [0, 0.05) is 25.3 Å². The molecule has 1 aromatic heterocycles. The van der Waals surface area contributed by atoms with Crippen molar-refractivity contribution in [1.82, 2.24) is 9.13 Å². The predicted octanol–water partition coefficient (Wildman–Crippen LogP) is 2.25. The van der Waals surface area contributed by atoms with Gasteiger partial charge in [0.05, 0.1) is 0 Å². The van der Waals surface area contributed by atoms with E-state index in [1.165, 1.54) is 4.57 Å². The van der Waals surface area contributed by atoms with Crippen LogP contribution in [0.1, 0.15) is 43.7 Å². The Balaban J connectivity index is 1.99. The van der Waals surface area contributed by atoms with Crippen LogP contribution < -0.4 is 27.2 Å². The van der Waals surface area contributed by atoms with E-state index < -0.39 is 17.2 Å². The van der Waals surface area contributed by atoms with Crippen LogP contribution in [0.25, 0.3) is 0 Å². The van der Waals surface area contributed by atoms with E-state index in [-0.39, 0.29) is 12.4 Å². The number of hydrogen-bond acceptors (Lipinski definition) is 5. The summed E-state index contributed by atoms with van der Waals surface area (Å²) < 4.78 is 2.42. The topological polar surface area (TPSA) is 102 Å². The zero-order chi connectivity index (χ0) is 21.8. The number of anilines is 3. The number of carbonyl (C=O) groups excluding carboxylic acids is 1. The molecule has 162 valence electrons. The van der Waals surface area contributed by atoms with Gasteiger partial charge in [-0.15, -0.1) is 0 Å². The largest absolute Gasteiger partial charge is 0.383 e. The minimum atomic E-state index is -0.545. The maximum absolute atomic E-state index is 13.2. The normalized spacial score (nSPS) is 14.0. The van der Waals surface area contributed by atoms with Crippen molar-refractivity contribution in [3.05, 3.63) is 50.2 Å². The van der Waals surface area contributed by atoms with E-state index in [4.69, 9.17) is 5.73 Å². The van der Waals surface area contributed by atoms with Gasteiger partial charge < -0.3 is 16.0 Å². The molecule has 2 heterocycles. The molecule has 0 saturated carbocycles. The van der Waals surface area contributed by atoms with Gasteiger partial charge >= 0.3 is 5.69 Å². The third-order valence-electron chi connectivity index (χ3n) is 5.53. The van der Waals surface area contributed by atoms with Crippen LogP contribution in [0.2, 0.25) is 0 Å². The Bertz CT molecular complexity index is 1050. The number of nitrogens with one attached hydrogen (secondary N) is 1. The van der Waals surface area contributed by atoms with Crippen molar-refractivity contribution in [2.24, 2.45) is 0 Å². The fraction of sp³-hybridized carbons (Fsp3) is 0.500. The van der Waals surface area contributed by atoms with Gasteiger partial charge in [0.1, 0.15) is 18.1 Å². The van der Waals surface area contributed by atoms with Gasteiger partial charge in [-0.05, 0) is 56.7 Å². The molecule has 0 bridgehead atoms. The minimum absolute atomic E-state index is 0.194. The van der Waals surface area contributed by atoms with Crippen molar-refractivity contribution < 1.29 is 4.79 Å². The molecule has 8 heteroatoms. The van der Waals surface area contributed by atoms with Gasteiger partial charge in [0.25, 0.3) is 5.56 Å². The summed E-state index contributed by atoms with van der Waals surface area (Å²) in [6, 6.07) is 5.75. The lowest BCUT2D eigenvalue weighted by Gasteiger charge is -2.30. The highest BCUT2D eigenvalue weighted by Crippen LogP contribution is 2.22. The Morgan fingerprint density at radius 2 is 1.80 bits per heavy atom. The van der Waals surface area contributed by atoms with Crippen molar-refractivity contribution in [3.63, 3.8) is 0 Å². The van der Waals surface area contributed by atoms with E-state index in [0.717, 1.165) is 48.0 Å². The van der Waals surface area contributed by atoms with Crippen LogP contribution in [0, 0.1) is 13.8 Å². The first-order chi connectivity index (χ1) is 14.3. The summed E-state index contributed by atoms with van der Waals surface area (Å²) in [4.78, 5) is 40.9. The summed E-state index contributed by atoms with van der Waals surface area (Å²) in [6.07, 6.45) is 3.74.